The minimum absolute atomic E-state index is 0.177. The third-order valence-electron chi connectivity index (χ3n) is 5.41. The number of hydrogen-bond donors (Lipinski definition) is 0. The molecule has 130 valence electrons. The predicted molar refractivity (Wildman–Crippen MR) is 98.2 cm³/mol. The van der Waals surface area contributed by atoms with Crippen LogP contribution in [-0.4, -0.2) is 51.9 Å². The zero-order valence-corrected chi connectivity index (χ0v) is 15.0. The number of rotatable bonds is 5. The summed E-state index contributed by atoms with van der Waals surface area (Å²) in [4.78, 5) is 26.2. The van der Waals surface area contributed by atoms with Gasteiger partial charge in [-0.1, -0.05) is 6.08 Å². The van der Waals surface area contributed by atoms with Crippen molar-refractivity contribution in [3.63, 3.8) is 0 Å². The fourth-order valence-electron chi connectivity index (χ4n) is 4.25. The van der Waals surface area contributed by atoms with E-state index < -0.39 is 0 Å². The molecule has 0 bridgehead atoms. The average molecular weight is 354 g/mol. The molecule has 6 heteroatoms. The minimum atomic E-state index is -0.339. The van der Waals surface area contributed by atoms with Gasteiger partial charge in [0.1, 0.15) is 0 Å². The fourth-order valence-corrected chi connectivity index (χ4v) is 5.10. The van der Waals surface area contributed by atoms with E-state index in [0.29, 0.717) is 6.54 Å². The minimum Gasteiger partial charge on any atom is -0.338 e. The second kappa shape index (κ2) is 6.69. The number of amides is 1. The Morgan fingerprint density at radius 3 is 2.92 bits per heavy atom. The first-order chi connectivity index (χ1) is 12.2. The van der Waals surface area contributed by atoms with Gasteiger partial charge in [-0.25, -0.2) is 4.98 Å². The van der Waals surface area contributed by atoms with Gasteiger partial charge in [-0.2, -0.15) is 0 Å². The summed E-state index contributed by atoms with van der Waals surface area (Å²) in [5.41, 5.74) is 0.895. The molecule has 2 atom stereocenters. The standard InChI is InChI=1S/C19H22N4OS/c1-2-9-23-10-5-19(18(23)24)14-22(12-15-3-6-20-7-4-15)13-16(19)17-21-8-11-25-17/h2-4,6-8,11,16H,1,5,9-10,12-14H2/t16-,19-/m0/s1. The Bertz CT molecular complexity index is 748. The van der Waals surface area contributed by atoms with Crippen molar-refractivity contribution >= 4 is 17.2 Å². The van der Waals surface area contributed by atoms with Crippen molar-refractivity contribution in [2.45, 2.75) is 18.9 Å². The Balaban J connectivity index is 1.62. The van der Waals surface area contributed by atoms with E-state index in [1.165, 1.54) is 5.56 Å². The van der Waals surface area contributed by atoms with Gasteiger partial charge in [-0.15, -0.1) is 17.9 Å². The molecule has 4 heterocycles. The lowest BCUT2D eigenvalue weighted by Gasteiger charge is -2.27. The van der Waals surface area contributed by atoms with Crippen LogP contribution in [0.5, 0.6) is 0 Å². The number of hydrogen-bond acceptors (Lipinski definition) is 5. The highest BCUT2D eigenvalue weighted by atomic mass is 32.1. The van der Waals surface area contributed by atoms with Gasteiger partial charge in [0.25, 0.3) is 0 Å². The van der Waals surface area contributed by atoms with Crippen molar-refractivity contribution in [1.82, 2.24) is 19.8 Å². The molecular formula is C19H22N4OS. The summed E-state index contributed by atoms with van der Waals surface area (Å²) in [5.74, 6) is 0.446. The molecule has 2 saturated heterocycles. The van der Waals surface area contributed by atoms with E-state index in [-0.39, 0.29) is 17.2 Å². The van der Waals surface area contributed by atoms with Crippen LogP contribution in [0.3, 0.4) is 0 Å². The van der Waals surface area contributed by atoms with E-state index in [1.54, 1.807) is 11.3 Å². The topological polar surface area (TPSA) is 49.3 Å². The average Bonchev–Trinajstić information content (AvgIpc) is 3.33. The molecule has 1 amide bonds. The first-order valence-corrected chi connectivity index (χ1v) is 9.52. The molecular weight excluding hydrogens is 332 g/mol. The van der Waals surface area contributed by atoms with Crippen molar-refractivity contribution in [3.8, 4) is 0 Å². The summed E-state index contributed by atoms with van der Waals surface area (Å²) in [7, 11) is 0. The van der Waals surface area contributed by atoms with E-state index in [1.807, 2.05) is 47.1 Å². The highest BCUT2D eigenvalue weighted by Crippen LogP contribution is 2.50. The van der Waals surface area contributed by atoms with Crippen molar-refractivity contribution in [3.05, 3.63) is 59.3 Å². The highest BCUT2D eigenvalue weighted by Gasteiger charge is 2.57. The molecule has 0 radical (unpaired) electrons. The largest absolute Gasteiger partial charge is 0.338 e. The maximum Gasteiger partial charge on any atom is 0.231 e. The van der Waals surface area contributed by atoms with Crippen LogP contribution in [0.1, 0.15) is 22.9 Å². The second-order valence-corrected chi connectivity index (χ2v) is 7.82. The molecule has 0 aliphatic carbocycles. The molecule has 2 aliphatic heterocycles. The van der Waals surface area contributed by atoms with Gasteiger partial charge in [0.15, 0.2) is 0 Å². The molecule has 0 N–H and O–H groups in total. The Labute approximate surface area is 152 Å². The lowest BCUT2D eigenvalue weighted by molar-refractivity contribution is -0.135. The maximum absolute atomic E-state index is 13.2. The molecule has 2 aromatic heterocycles. The van der Waals surface area contributed by atoms with Crippen molar-refractivity contribution < 1.29 is 4.79 Å². The number of carbonyl (C=O) groups excluding carboxylic acids is 1. The number of likely N-dealkylation sites (tertiary alicyclic amines) is 2. The van der Waals surface area contributed by atoms with Gasteiger partial charge in [-0.3, -0.25) is 14.7 Å². The Hall–Kier alpha value is -2.05. The quantitative estimate of drug-likeness (QED) is 0.774. The van der Waals surface area contributed by atoms with Gasteiger partial charge in [0.2, 0.25) is 5.91 Å². The van der Waals surface area contributed by atoms with Crippen LogP contribution in [0.25, 0.3) is 0 Å². The van der Waals surface area contributed by atoms with E-state index in [4.69, 9.17) is 0 Å². The third-order valence-corrected chi connectivity index (χ3v) is 6.30. The molecule has 2 aromatic rings. The fraction of sp³-hybridized carbons (Fsp3) is 0.421. The smallest absolute Gasteiger partial charge is 0.231 e. The molecule has 0 unspecified atom stereocenters. The van der Waals surface area contributed by atoms with E-state index in [2.05, 4.69) is 21.4 Å². The number of carbonyl (C=O) groups is 1. The summed E-state index contributed by atoms with van der Waals surface area (Å²) >= 11 is 1.67. The van der Waals surface area contributed by atoms with Gasteiger partial charge in [-0.05, 0) is 24.1 Å². The number of nitrogens with zero attached hydrogens (tertiary/aromatic N) is 4. The van der Waals surface area contributed by atoms with Crippen LogP contribution in [0, 0.1) is 5.41 Å². The number of thiazole rings is 1. The molecule has 2 aliphatic rings. The van der Waals surface area contributed by atoms with Crippen LogP contribution in [0.2, 0.25) is 0 Å². The van der Waals surface area contributed by atoms with Crippen molar-refractivity contribution in [1.29, 1.82) is 0 Å². The lowest BCUT2D eigenvalue weighted by atomic mass is 9.77. The van der Waals surface area contributed by atoms with Crippen molar-refractivity contribution in [2.24, 2.45) is 5.41 Å². The Kier molecular flexibility index (Phi) is 4.39. The molecule has 1 spiro atoms. The van der Waals surface area contributed by atoms with Crippen LogP contribution in [-0.2, 0) is 11.3 Å². The first-order valence-electron chi connectivity index (χ1n) is 8.64. The summed E-state index contributed by atoms with van der Waals surface area (Å²) in [6.45, 7) is 7.77. The zero-order valence-electron chi connectivity index (χ0n) is 14.2. The van der Waals surface area contributed by atoms with Crippen LogP contribution < -0.4 is 0 Å². The summed E-state index contributed by atoms with van der Waals surface area (Å²) in [6, 6.07) is 4.09. The lowest BCUT2D eigenvalue weighted by Crippen LogP contribution is -2.39. The predicted octanol–water partition coefficient (Wildman–Crippen LogP) is 2.54. The second-order valence-electron chi connectivity index (χ2n) is 6.89. The van der Waals surface area contributed by atoms with E-state index in [0.717, 1.165) is 37.6 Å². The molecule has 4 rings (SSSR count). The van der Waals surface area contributed by atoms with Gasteiger partial charge in [0.05, 0.1) is 10.4 Å². The Morgan fingerprint density at radius 1 is 1.36 bits per heavy atom. The van der Waals surface area contributed by atoms with E-state index >= 15 is 0 Å². The SMILES string of the molecule is C=CCN1CC[C@@]2(CN(Cc3ccncc3)C[C@H]2c2nccs2)C1=O. The van der Waals surface area contributed by atoms with Crippen LogP contribution >= 0.6 is 11.3 Å². The zero-order chi connectivity index (χ0) is 17.3. The van der Waals surface area contributed by atoms with Gasteiger partial charge in [0, 0.05) is 62.6 Å². The van der Waals surface area contributed by atoms with Crippen LogP contribution in [0.15, 0.2) is 48.8 Å². The molecule has 5 nitrogen and oxygen atoms in total. The molecule has 2 fully saturated rings. The maximum atomic E-state index is 13.2. The van der Waals surface area contributed by atoms with Gasteiger partial charge >= 0.3 is 0 Å². The normalized spacial score (nSPS) is 26.6. The monoisotopic (exact) mass is 354 g/mol. The first kappa shape index (κ1) is 16.4. The highest BCUT2D eigenvalue weighted by molar-refractivity contribution is 7.09. The summed E-state index contributed by atoms with van der Waals surface area (Å²) in [6.07, 6.45) is 8.22. The van der Waals surface area contributed by atoms with Crippen molar-refractivity contribution in [2.75, 3.05) is 26.2 Å². The summed E-state index contributed by atoms with van der Waals surface area (Å²) < 4.78 is 0. The number of aromatic nitrogens is 2. The molecule has 0 aromatic carbocycles. The summed E-state index contributed by atoms with van der Waals surface area (Å²) in [5, 5.41) is 3.10. The third kappa shape index (κ3) is 2.89. The number of pyridine rings is 1. The van der Waals surface area contributed by atoms with E-state index in [9.17, 15) is 4.79 Å². The van der Waals surface area contributed by atoms with Crippen LogP contribution in [0.4, 0.5) is 0 Å². The Morgan fingerprint density at radius 2 is 2.20 bits per heavy atom. The molecule has 0 saturated carbocycles. The van der Waals surface area contributed by atoms with Gasteiger partial charge < -0.3 is 4.90 Å². The molecule has 25 heavy (non-hydrogen) atoms.